The first-order valence-electron chi connectivity index (χ1n) is 7.86. The second-order valence-corrected chi connectivity index (χ2v) is 5.74. The minimum Gasteiger partial charge on any atom is -0.506 e. The quantitative estimate of drug-likeness (QED) is 0.625. The van der Waals surface area contributed by atoms with E-state index in [0.717, 1.165) is 11.1 Å². The van der Waals surface area contributed by atoms with Crippen LogP contribution in [0, 0.1) is 0 Å². The van der Waals surface area contributed by atoms with Crippen LogP contribution in [0.2, 0.25) is 0 Å². The number of hydrogen-bond donors (Lipinski definition) is 4. The Kier molecular flexibility index (Phi) is 4.74. The molecule has 3 rings (SSSR count). The molecule has 2 aromatic rings. The zero-order valence-electron chi connectivity index (χ0n) is 13.4. The predicted octanol–water partition coefficient (Wildman–Crippen LogP) is 2.66. The monoisotopic (exact) mass is 342 g/mol. The predicted molar refractivity (Wildman–Crippen MR) is 90.9 cm³/mol. The fourth-order valence-electron chi connectivity index (χ4n) is 2.87. The van der Waals surface area contributed by atoms with E-state index in [9.17, 15) is 14.7 Å². The van der Waals surface area contributed by atoms with Gasteiger partial charge in [0, 0.05) is 0 Å². The third kappa shape index (κ3) is 3.82. The van der Waals surface area contributed by atoms with Gasteiger partial charge in [0.05, 0.1) is 6.04 Å². The maximum Gasteiger partial charge on any atom is 0.405 e. The topological polar surface area (TPSA) is 108 Å². The summed E-state index contributed by atoms with van der Waals surface area (Å²) in [5, 5.41) is 24.1. The summed E-state index contributed by atoms with van der Waals surface area (Å²) in [7, 11) is 0. The van der Waals surface area contributed by atoms with E-state index in [2.05, 4.69) is 10.6 Å². The molecule has 2 aromatic carbocycles. The highest BCUT2D eigenvalue weighted by Gasteiger charge is 2.23. The SMILES string of the molecule is O=C(O)NC(CCc1ccc(O)c2c1OCC(=O)N2)c1ccccc1. The minimum absolute atomic E-state index is 0.0601. The third-order valence-corrected chi connectivity index (χ3v) is 4.03. The number of benzene rings is 2. The molecule has 0 aliphatic carbocycles. The van der Waals surface area contributed by atoms with E-state index in [4.69, 9.17) is 9.84 Å². The molecule has 130 valence electrons. The van der Waals surface area contributed by atoms with Gasteiger partial charge in [-0.15, -0.1) is 0 Å². The van der Waals surface area contributed by atoms with Gasteiger partial charge >= 0.3 is 6.09 Å². The molecule has 7 heteroatoms. The molecule has 7 nitrogen and oxygen atoms in total. The van der Waals surface area contributed by atoms with Gasteiger partial charge in [0.1, 0.15) is 11.4 Å². The Labute approximate surface area is 144 Å². The molecule has 0 aromatic heterocycles. The molecule has 1 aliphatic heterocycles. The van der Waals surface area contributed by atoms with Gasteiger partial charge in [-0.1, -0.05) is 36.4 Å². The van der Waals surface area contributed by atoms with Gasteiger partial charge in [0.15, 0.2) is 12.4 Å². The maximum atomic E-state index is 11.4. The van der Waals surface area contributed by atoms with Crippen LogP contribution in [0.15, 0.2) is 42.5 Å². The van der Waals surface area contributed by atoms with Crippen molar-refractivity contribution in [2.75, 3.05) is 11.9 Å². The van der Waals surface area contributed by atoms with Gasteiger partial charge in [-0.05, 0) is 30.0 Å². The number of nitrogens with one attached hydrogen (secondary N) is 2. The number of anilines is 1. The number of fused-ring (bicyclic) bond motifs is 1. The summed E-state index contributed by atoms with van der Waals surface area (Å²) in [4.78, 5) is 22.5. The van der Waals surface area contributed by atoms with Crippen molar-refractivity contribution in [1.29, 1.82) is 0 Å². The lowest BCUT2D eigenvalue weighted by molar-refractivity contribution is -0.118. The van der Waals surface area contributed by atoms with Crippen molar-refractivity contribution in [3.8, 4) is 11.5 Å². The van der Waals surface area contributed by atoms with Crippen molar-refractivity contribution in [1.82, 2.24) is 5.32 Å². The molecular formula is C18H18N2O5. The summed E-state index contributed by atoms with van der Waals surface area (Å²) in [6, 6.07) is 12.1. The van der Waals surface area contributed by atoms with Crippen LogP contribution in [0.3, 0.4) is 0 Å². The summed E-state index contributed by atoms with van der Waals surface area (Å²) in [5.74, 6) is 0.0477. The molecule has 0 spiro atoms. The molecule has 2 amide bonds. The van der Waals surface area contributed by atoms with Gasteiger partial charge in [0.25, 0.3) is 5.91 Å². The van der Waals surface area contributed by atoms with Crippen LogP contribution in [0.1, 0.15) is 23.6 Å². The second kappa shape index (κ2) is 7.12. The molecule has 0 radical (unpaired) electrons. The highest BCUT2D eigenvalue weighted by atomic mass is 16.5. The molecule has 1 atom stereocenters. The second-order valence-electron chi connectivity index (χ2n) is 5.74. The molecule has 1 heterocycles. The average Bonchev–Trinajstić information content (AvgIpc) is 2.61. The van der Waals surface area contributed by atoms with E-state index < -0.39 is 6.09 Å². The molecule has 0 saturated heterocycles. The largest absolute Gasteiger partial charge is 0.506 e. The molecule has 0 bridgehead atoms. The van der Waals surface area contributed by atoms with Crippen molar-refractivity contribution in [2.45, 2.75) is 18.9 Å². The Morgan fingerprint density at radius 1 is 1.24 bits per heavy atom. The van der Waals surface area contributed by atoms with Crippen molar-refractivity contribution < 1.29 is 24.5 Å². The van der Waals surface area contributed by atoms with Crippen molar-refractivity contribution >= 4 is 17.7 Å². The number of hydrogen-bond acceptors (Lipinski definition) is 4. The molecule has 0 fully saturated rings. The van der Waals surface area contributed by atoms with Crippen molar-refractivity contribution in [3.05, 3.63) is 53.6 Å². The summed E-state index contributed by atoms with van der Waals surface area (Å²) >= 11 is 0. The van der Waals surface area contributed by atoms with E-state index in [1.807, 2.05) is 30.3 Å². The van der Waals surface area contributed by atoms with Gasteiger partial charge < -0.3 is 25.6 Å². The summed E-state index contributed by atoms with van der Waals surface area (Å²) in [5.41, 5.74) is 1.92. The number of rotatable bonds is 5. The highest BCUT2D eigenvalue weighted by molar-refractivity contribution is 5.97. The first-order chi connectivity index (χ1) is 12.0. The molecule has 1 aliphatic rings. The lowest BCUT2D eigenvalue weighted by atomic mass is 9.98. The molecular weight excluding hydrogens is 324 g/mol. The first kappa shape index (κ1) is 16.6. The number of aromatic hydroxyl groups is 1. The Hall–Kier alpha value is -3.22. The molecule has 0 saturated carbocycles. The highest BCUT2D eigenvalue weighted by Crippen LogP contribution is 2.40. The standard InChI is InChI=1S/C18H18N2O5/c21-14-9-7-12(17-16(14)20-15(22)10-25-17)6-8-13(19-18(23)24)11-4-2-1-3-5-11/h1-5,7,9,13,19,21H,6,8,10H2,(H,20,22)(H,23,24). The summed E-state index contributed by atoms with van der Waals surface area (Å²) < 4.78 is 5.46. The number of carbonyl (C=O) groups is 2. The summed E-state index contributed by atoms with van der Waals surface area (Å²) in [6.45, 7) is -0.112. The van der Waals surface area contributed by atoms with E-state index in [1.165, 1.54) is 6.07 Å². The number of aryl methyl sites for hydroxylation is 1. The third-order valence-electron chi connectivity index (χ3n) is 4.03. The number of ether oxygens (including phenoxy) is 1. The maximum absolute atomic E-state index is 11.4. The zero-order valence-corrected chi connectivity index (χ0v) is 13.4. The van der Waals surface area contributed by atoms with Crippen LogP contribution in [-0.2, 0) is 11.2 Å². The molecule has 25 heavy (non-hydrogen) atoms. The summed E-state index contributed by atoms with van der Waals surface area (Å²) in [6.07, 6.45) is -0.0755. The first-order valence-corrected chi connectivity index (χ1v) is 7.86. The van der Waals surface area contributed by atoms with Gasteiger partial charge in [-0.25, -0.2) is 4.79 Å². The number of phenols is 1. The normalized spacial score (nSPS) is 14.0. The molecule has 1 unspecified atom stereocenters. The number of phenolic OH excluding ortho intramolecular Hbond substituents is 1. The Bertz CT molecular complexity index is 792. The van der Waals surface area contributed by atoms with Crippen molar-refractivity contribution in [3.63, 3.8) is 0 Å². The van der Waals surface area contributed by atoms with Gasteiger partial charge in [-0.2, -0.15) is 0 Å². The van der Waals surface area contributed by atoms with Crippen LogP contribution in [0.5, 0.6) is 11.5 Å². The Morgan fingerprint density at radius 3 is 2.72 bits per heavy atom. The van der Waals surface area contributed by atoms with Crippen LogP contribution >= 0.6 is 0 Å². The van der Waals surface area contributed by atoms with Gasteiger partial charge in [-0.3, -0.25) is 4.79 Å². The van der Waals surface area contributed by atoms with E-state index in [1.54, 1.807) is 6.07 Å². The number of amides is 2. The zero-order chi connectivity index (χ0) is 17.8. The lowest BCUT2D eigenvalue weighted by Gasteiger charge is -2.23. The Morgan fingerprint density at radius 2 is 2.00 bits per heavy atom. The molecule has 4 N–H and O–H groups in total. The average molecular weight is 342 g/mol. The Balaban J connectivity index is 1.81. The number of carbonyl (C=O) groups excluding carboxylic acids is 1. The fourth-order valence-corrected chi connectivity index (χ4v) is 2.87. The number of carboxylic acid groups (broad SMARTS) is 1. The van der Waals surface area contributed by atoms with Crippen LogP contribution < -0.4 is 15.4 Å². The van der Waals surface area contributed by atoms with Crippen LogP contribution in [-0.4, -0.2) is 28.8 Å². The van der Waals surface area contributed by atoms with E-state index >= 15 is 0 Å². The van der Waals surface area contributed by atoms with Crippen LogP contribution in [0.25, 0.3) is 0 Å². The van der Waals surface area contributed by atoms with Crippen molar-refractivity contribution in [2.24, 2.45) is 0 Å². The lowest BCUT2D eigenvalue weighted by Crippen LogP contribution is -2.28. The fraction of sp³-hybridized carbons (Fsp3) is 0.222. The minimum atomic E-state index is -1.09. The van der Waals surface area contributed by atoms with Crippen LogP contribution in [0.4, 0.5) is 10.5 Å². The van der Waals surface area contributed by atoms with Gasteiger partial charge in [0.2, 0.25) is 0 Å². The van der Waals surface area contributed by atoms with E-state index in [-0.39, 0.29) is 30.0 Å². The van der Waals surface area contributed by atoms with E-state index in [0.29, 0.717) is 18.6 Å². The smallest absolute Gasteiger partial charge is 0.405 e.